The maximum absolute atomic E-state index is 10.8. The van der Waals surface area contributed by atoms with E-state index < -0.39 is 5.97 Å². The van der Waals surface area contributed by atoms with Crippen molar-refractivity contribution in [2.45, 2.75) is 31.6 Å². The zero-order chi connectivity index (χ0) is 11.6. The predicted molar refractivity (Wildman–Crippen MR) is 63.7 cm³/mol. The minimum Gasteiger partial charge on any atom is -0.478 e. The van der Waals surface area contributed by atoms with Gasteiger partial charge in [0.15, 0.2) is 0 Å². The molecule has 2 nitrogen and oxygen atoms in total. The molecule has 2 heteroatoms. The standard InChI is InChI=1S/C14H16O2/c1-14(9-3-2-4-10-14)12-7-5-11(6-8-12)13(15)16/h3,5-9H,2,4,10H2,1H3,(H,15,16). The van der Waals surface area contributed by atoms with Crippen molar-refractivity contribution in [3.05, 3.63) is 47.5 Å². The molecule has 0 bridgehead atoms. The molecule has 0 saturated heterocycles. The van der Waals surface area contributed by atoms with E-state index in [0.29, 0.717) is 5.56 Å². The van der Waals surface area contributed by atoms with Crippen molar-refractivity contribution in [1.82, 2.24) is 0 Å². The van der Waals surface area contributed by atoms with Crippen molar-refractivity contribution in [2.75, 3.05) is 0 Å². The summed E-state index contributed by atoms with van der Waals surface area (Å²) >= 11 is 0. The van der Waals surface area contributed by atoms with E-state index in [1.807, 2.05) is 12.1 Å². The lowest BCUT2D eigenvalue weighted by molar-refractivity contribution is 0.0697. The van der Waals surface area contributed by atoms with Crippen LogP contribution in [0.4, 0.5) is 0 Å². The summed E-state index contributed by atoms with van der Waals surface area (Å²) in [5, 5.41) is 8.84. The average Bonchev–Trinajstić information content (AvgIpc) is 2.30. The molecule has 84 valence electrons. The minimum absolute atomic E-state index is 0.0787. The van der Waals surface area contributed by atoms with E-state index in [1.165, 1.54) is 12.0 Å². The highest BCUT2D eigenvalue weighted by atomic mass is 16.4. The second-order valence-electron chi connectivity index (χ2n) is 4.59. The number of allylic oxidation sites excluding steroid dienone is 2. The van der Waals surface area contributed by atoms with Crippen LogP contribution in [0.1, 0.15) is 42.1 Å². The van der Waals surface area contributed by atoms with Gasteiger partial charge >= 0.3 is 5.97 Å². The molecule has 1 aromatic carbocycles. The fourth-order valence-corrected chi connectivity index (χ4v) is 2.25. The molecule has 0 fully saturated rings. The smallest absolute Gasteiger partial charge is 0.335 e. The highest BCUT2D eigenvalue weighted by Gasteiger charge is 2.24. The molecule has 1 aliphatic rings. The van der Waals surface area contributed by atoms with Gasteiger partial charge in [0.2, 0.25) is 0 Å². The Morgan fingerprint density at radius 1 is 1.31 bits per heavy atom. The molecule has 2 rings (SSSR count). The molecule has 1 aliphatic carbocycles. The van der Waals surface area contributed by atoms with Gasteiger partial charge in [0.25, 0.3) is 0 Å². The molecule has 1 aromatic rings. The van der Waals surface area contributed by atoms with Gasteiger partial charge in [-0.15, -0.1) is 0 Å². The van der Waals surface area contributed by atoms with Gasteiger partial charge in [0.05, 0.1) is 5.56 Å². The van der Waals surface area contributed by atoms with Crippen LogP contribution in [0.15, 0.2) is 36.4 Å². The lowest BCUT2D eigenvalue weighted by Gasteiger charge is -2.29. The monoisotopic (exact) mass is 216 g/mol. The summed E-state index contributed by atoms with van der Waals surface area (Å²) in [7, 11) is 0. The van der Waals surface area contributed by atoms with E-state index in [9.17, 15) is 4.79 Å². The topological polar surface area (TPSA) is 37.3 Å². The summed E-state index contributed by atoms with van der Waals surface area (Å²) in [6, 6.07) is 7.23. The van der Waals surface area contributed by atoms with Crippen LogP contribution < -0.4 is 0 Å². The number of aromatic carboxylic acids is 1. The normalized spacial score (nSPS) is 24.3. The van der Waals surface area contributed by atoms with Crippen LogP contribution in [-0.2, 0) is 5.41 Å². The van der Waals surface area contributed by atoms with Crippen molar-refractivity contribution in [3.8, 4) is 0 Å². The Morgan fingerprint density at radius 3 is 2.50 bits per heavy atom. The summed E-state index contributed by atoms with van der Waals surface area (Å²) in [6.45, 7) is 2.21. The number of carbonyl (C=O) groups is 1. The number of benzene rings is 1. The molecule has 0 aliphatic heterocycles. The summed E-state index contributed by atoms with van der Waals surface area (Å²) < 4.78 is 0. The van der Waals surface area contributed by atoms with E-state index in [-0.39, 0.29) is 5.41 Å². The highest BCUT2D eigenvalue weighted by Crippen LogP contribution is 2.34. The molecule has 0 aromatic heterocycles. The SMILES string of the molecule is CC1(c2ccc(C(=O)O)cc2)C=CCCC1. The lowest BCUT2D eigenvalue weighted by atomic mass is 9.75. The Labute approximate surface area is 95.6 Å². The second kappa shape index (κ2) is 4.12. The van der Waals surface area contributed by atoms with Crippen LogP contribution in [0.5, 0.6) is 0 Å². The van der Waals surface area contributed by atoms with Gasteiger partial charge in [-0.1, -0.05) is 31.2 Å². The van der Waals surface area contributed by atoms with Crippen molar-refractivity contribution in [3.63, 3.8) is 0 Å². The Morgan fingerprint density at radius 2 is 2.00 bits per heavy atom. The van der Waals surface area contributed by atoms with Crippen LogP contribution in [0.25, 0.3) is 0 Å². The zero-order valence-corrected chi connectivity index (χ0v) is 9.44. The van der Waals surface area contributed by atoms with Gasteiger partial charge in [0.1, 0.15) is 0 Å². The second-order valence-corrected chi connectivity index (χ2v) is 4.59. The Balaban J connectivity index is 2.30. The average molecular weight is 216 g/mol. The first-order valence-electron chi connectivity index (χ1n) is 5.63. The maximum atomic E-state index is 10.8. The van der Waals surface area contributed by atoms with Crippen molar-refractivity contribution >= 4 is 5.97 Å². The van der Waals surface area contributed by atoms with Crippen LogP contribution >= 0.6 is 0 Å². The van der Waals surface area contributed by atoms with Gasteiger partial charge < -0.3 is 5.11 Å². The van der Waals surface area contributed by atoms with Crippen LogP contribution in [-0.4, -0.2) is 11.1 Å². The number of rotatable bonds is 2. The molecule has 1 N–H and O–H groups in total. The van der Waals surface area contributed by atoms with Gasteiger partial charge in [-0.25, -0.2) is 4.79 Å². The van der Waals surface area contributed by atoms with Gasteiger partial charge in [0, 0.05) is 5.41 Å². The van der Waals surface area contributed by atoms with E-state index in [2.05, 4.69) is 19.1 Å². The predicted octanol–water partition coefficient (Wildman–Crippen LogP) is 3.38. The highest BCUT2D eigenvalue weighted by molar-refractivity contribution is 5.87. The first kappa shape index (κ1) is 10.9. The summed E-state index contributed by atoms with van der Waals surface area (Å²) in [6.07, 6.45) is 7.95. The number of carboxylic acids is 1. The first-order chi connectivity index (χ1) is 7.62. The van der Waals surface area contributed by atoms with Crippen molar-refractivity contribution < 1.29 is 9.90 Å². The van der Waals surface area contributed by atoms with Crippen molar-refractivity contribution in [2.24, 2.45) is 0 Å². The zero-order valence-electron chi connectivity index (χ0n) is 9.44. The fourth-order valence-electron chi connectivity index (χ4n) is 2.25. The molecular weight excluding hydrogens is 200 g/mol. The molecule has 0 radical (unpaired) electrons. The van der Waals surface area contributed by atoms with Gasteiger partial charge in [-0.05, 0) is 37.0 Å². The van der Waals surface area contributed by atoms with Crippen LogP contribution in [0.3, 0.4) is 0 Å². The fraction of sp³-hybridized carbons (Fsp3) is 0.357. The van der Waals surface area contributed by atoms with Crippen molar-refractivity contribution in [1.29, 1.82) is 0 Å². The number of hydrogen-bond acceptors (Lipinski definition) is 1. The summed E-state index contributed by atoms with van der Waals surface area (Å²) in [4.78, 5) is 10.8. The lowest BCUT2D eigenvalue weighted by Crippen LogP contribution is -2.21. The first-order valence-corrected chi connectivity index (χ1v) is 5.63. The van der Waals surface area contributed by atoms with E-state index >= 15 is 0 Å². The molecule has 0 heterocycles. The quantitative estimate of drug-likeness (QED) is 0.769. The largest absolute Gasteiger partial charge is 0.478 e. The third kappa shape index (κ3) is 2.01. The number of carboxylic acid groups (broad SMARTS) is 1. The Hall–Kier alpha value is -1.57. The third-order valence-electron chi connectivity index (χ3n) is 3.34. The molecule has 1 unspecified atom stereocenters. The van der Waals surface area contributed by atoms with E-state index in [0.717, 1.165) is 12.8 Å². The van der Waals surface area contributed by atoms with E-state index in [4.69, 9.17) is 5.11 Å². The Bertz CT molecular complexity index is 417. The molecule has 16 heavy (non-hydrogen) atoms. The van der Waals surface area contributed by atoms with Gasteiger partial charge in [-0.2, -0.15) is 0 Å². The van der Waals surface area contributed by atoms with Gasteiger partial charge in [-0.3, -0.25) is 0 Å². The van der Waals surface area contributed by atoms with Crippen LogP contribution in [0.2, 0.25) is 0 Å². The molecule has 0 saturated carbocycles. The number of hydrogen-bond donors (Lipinski definition) is 1. The maximum Gasteiger partial charge on any atom is 0.335 e. The third-order valence-corrected chi connectivity index (χ3v) is 3.34. The summed E-state index contributed by atoms with van der Waals surface area (Å²) in [5.41, 5.74) is 1.63. The molecule has 0 spiro atoms. The van der Waals surface area contributed by atoms with E-state index in [1.54, 1.807) is 12.1 Å². The minimum atomic E-state index is -0.865. The Kier molecular flexibility index (Phi) is 2.82. The molecule has 0 amide bonds. The molecule has 1 atom stereocenters. The summed E-state index contributed by atoms with van der Waals surface area (Å²) in [5.74, 6) is -0.865. The molecular formula is C14H16O2. The van der Waals surface area contributed by atoms with Crippen LogP contribution in [0, 0.1) is 0 Å².